The third kappa shape index (κ3) is 3.28. The quantitative estimate of drug-likeness (QED) is 0.862. The van der Waals surface area contributed by atoms with E-state index in [9.17, 15) is 10.2 Å². The summed E-state index contributed by atoms with van der Waals surface area (Å²) < 4.78 is 1.86. The highest BCUT2D eigenvalue weighted by molar-refractivity contribution is 6.31. The van der Waals surface area contributed by atoms with E-state index in [1.165, 1.54) is 0 Å². The van der Waals surface area contributed by atoms with E-state index in [1.54, 1.807) is 6.07 Å². The van der Waals surface area contributed by atoms with Gasteiger partial charge in [0.05, 0.1) is 18.9 Å². The Bertz CT molecular complexity index is 591. The summed E-state index contributed by atoms with van der Waals surface area (Å²) in [4.78, 5) is 0. The van der Waals surface area contributed by atoms with Crippen molar-refractivity contribution >= 4 is 11.6 Å². The highest BCUT2D eigenvalue weighted by Gasteiger charge is 2.34. The van der Waals surface area contributed by atoms with Crippen LogP contribution in [0.5, 0.6) is 0 Å². The van der Waals surface area contributed by atoms with Gasteiger partial charge < -0.3 is 10.2 Å². The van der Waals surface area contributed by atoms with Gasteiger partial charge in [-0.3, -0.25) is 4.68 Å². The lowest BCUT2D eigenvalue weighted by molar-refractivity contribution is 0.115. The second-order valence-corrected chi connectivity index (χ2v) is 6.04. The SMILES string of the molecule is CC(C)n1ccc(CC(CO)(CO)c2ccccc2Cl)n1. The van der Waals surface area contributed by atoms with Gasteiger partial charge in [0.2, 0.25) is 0 Å². The molecule has 2 aromatic rings. The Morgan fingerprint density at radius 1 is 1.19 bits per heavy atom. The first kappa shape index (κ1) is 16.0. The van der Waals surface area contributed by atoms with E-state index >= 15 is 0 Å². The lowest BCUT2D eigenvalue weighted by Gasteiger charge is -2.30. The molecule has 0 bridgehead atoms. The highest BCUT2D eigenvalue weighted by Crippen LogP contribution is 2.32. The Kier molecular flexibility index (Phi) is 5.04. The van der Waals surface area contributed by atoms with E-state index < -0.39 is 5.41 Å². The molecule has 0 fully saturated rings. The largest absolute Gasteiger partial charge is 0.395 e. The van der Waals surface area contributed by atoms with Gasteiger partial charge in [-0.1, -0.05) is 29.8 Å². The van der Waals surface area contributed by atoms with Crippen molar-refractivity contribution in [2.75, 3.05) is 13.2 Å². The lowest BCUT2D eigenvalue weighted by atomic mass is 9.78. The number of aromatic nitrogens is 2. The van der Waals surface area contributed by atoms with Crippen LogP contribution in [0.25, 0.3) is 0 Å². The van der Waals surface area contributed by atoms with E-state index in [1.807, 2.05) is 35.1 Å². The van der Waals surface area contributed by atoms with Crippen LogP contribution in [-0.2, 0) is 11.8 Å². The first-order valence-electron chi connectivity index (χ1n) is 7.03. The number of hydrogen-bond acceptors (Lipinski definition) is 3. The van der Waals surface area contributed by atoms with Gasteiger partial charge in [-0.15, -0.1) is 0 Å². The molecule has 1 aromatic carbocycles. The number of aliphatic hydroxyl groups excluding tert-OH is 2. The third-order valence-electron chi connectivity index (χ3n) is 3.76. The molecule has 21 heavy (non-hydrogen) atoms. The van der Waals surface area contributed by atoms with Crippen LogP contribution in [0.2, 0.25) is 5.02 Å². The van der Waals surface area contributed by atoms with Crippen molar-refractivity contribution in [2.24, 2.45) is 0 Å². The van der Waals surface area contributed by atoms with Crippen molar-refractivity contribution in [3.63, 3.8) is 0 Å². The van der Waals surface area contributed by atoms with Crippen LogP contribution in [0.1, 0.15) is 31.1 Å². The fourth-order valence-corrected chi connectivity index (χ4v) is 2.76. The molecule has 0 spiro atoms. The fraction of sp³-hybridized carbons (Fsp3) is 0.438. The molecule has 4 nitrogen and oxygen atoms in total. The van der Waals surface area contributed by atoms with Crippen molar-refractivity contribution < 1.29 is 10.2 Å². The average molecular weight is 309 g/mol. The number of rotatable bonds is 6. The molecule has 0 saturated heterocycles. The molecule has 0 aliphatic heterocycles. The molecule has 0 aliphatic carbocycles. The number of halogens is 1. The summed E-state index contributed by atoms with van der Waals surface area (Å²) in [5.41, 5.74) is 0.747. The minimum Gasteiger partial charge on any atom is -0.395 e. The molecule has 1 aromatic heterocycles. The number of benzene rings is 1. The van der Waals surface area contributed by atoms with Crippen molar-refractivity contribution in [1.29, 1.82) is 0 Å². The number of nitrogens with zero attached hydrogens (tertiary/aromatic N) is 2. The summed E-state index contributed by atoms with van der Waals surface area (Å²) in [6, 6.07) is 9.48. The van der Waals surface area contributed by atoms with Gasteiger partial charge >= 0.3 is 0 Å². The van der Waals surface area contributed by atoms with Crippen LogP contribution in [-0.4, -0.2) is 33.2 Å². The molecule has 0 amide bonds. The van der Waals surface area contributed by atoms with Gasteiger partial charge in [-0.05, 0) is 31.5 Å². The minimum atomic E-state index is -0.825. The van der Waals surface area contributed by atoms with Gasteiger partial charge in [0, 0.05) is 29.1 Å². The first-order valence-corrected chi connectivity index (χ1v) is 7.41. The van der Waals surface area contributed by atoms with E-state index in [2.05, 4.69) is 18.9 Å². The van der Waals surface area contributed by atoms with Gasteiger partial charge in [0.15, 0.2) is 0 Å². The van der Waals surface area contributed by atoms with E-state index in [0.29, 0.717) is 11.4 Å². The summed E-state index contributed by atoms with van der Waals surface area (Å²) in [6.45, 7) is 3.72. The van der Waals surface area contributed by atoms with Crippen molar-refractivity contribution in [3.05, 3.63) is 52.8 Å². The maximum absolute atomic E-state index is 9.88. The maximum Gasteiger partial charge on any atom is 0.0635 e. The summed E-state index contributed by atoms with van der Waals surface area (Å²) in [6.07, 6.45) is 2.34. The predicted octanol–water partition coefficient (Wildman–Crippen LogP) is 2.58. The van der Waals surface area contributed by atoms with Crippen molar-refractivity contribution in [1.82, 2.24) is 9.78 Å². The predicted molar refractivity (Wildman–Crippen MR) is 83.6 cm³/mol. The molecule has 0 saturated carbocycles. The maximum atomic E-state index is 9.88. The summed E-state index contributed by atoms with van der Waals surface area (Å²) in [7, 11) is 0. The normalized spacial score (nSPS) is 12.1. The zero-order valence-electron chi connectivity index (χ0n) is 12.3. The Hall–Kier alpha value is -1.36. The van der Waals surface area contributed by atoms with Crippen LogP contribution in [0, 0.1) is 0 Å². The lowest BCUT2D eigenvalue weighted by Crippen LogP contribution is -2.37. The molecule has 0 radical (unpaired) electrons. The van der Waals surface area contributed by atoms with Crippen molar-refractivity contribution in [3.8, 4) is 0 Å². The smallest absolute Gasteiger partial charge is 0.0635 e. The molecule has 0 atom stereocenters. The number of hydrogen-bond donors (Lipinski definition) is 2. The molecule has 0 aliphatic rings. The summed E-state index contributed by atoms with van der Waals surface area (Å²) >= 11 is 6.24. The monoisotopic (exact) mass is 308 g/mol. The topological polar surface area (TPSA) is 58.3 Å². The van der Waals surface area contributed by atoms with Gasteiger partial charge in [-0.25, -0.2) is 0 Å². The summed E-state index contributed by atoms with van der Waals surface area (Å²) in [5.74, 6) is 0. The fourth-order valence-electron chi connectivity index (χ4n) is 2.42. The highest BCUT2D eigenvalue weighted by atomic mass is 35.5. The van der Waals surface area contributed by atoms with E-state index in [4.69, 9.17) is 11.6 Å². The molecular formula is C16H21ClN2O2. The third-order valence-corrected chi connectivity index (χ3v) is 4.09. The zero-order chi connectivity index (χ0) is 15.5. The minimum absolute atomic E-state index is 0.193. The van der Waals surface area contributed by atoms with E-state index in [0.717, 1.165) is 11.3 Å². The van der Waals surface area contributed by atoms with E-state index in [-0.39, 0.29) is 19.3 Å². The molecule has 0 unspecified atom stereocenters. The van der Waals surface area contributed by atoms with Gasteiger partial charge in [0.1, 0.15) is 0 Å². The average Bonchev–Trinajstić information content (AvgIpc) is 2.94. The first-order chi connectivity index (χ1) is 10.0. The Labute approximate surface area is 130 Å². The molecular weight excluding hydrogens is 288 g/mol. The van der Waals surface area contributed by atoms with Crippen molar-refractivity contribution in [2.45, 2.75) is 31.7 Å². The summed E-state index contributed by atoms with van der Waals surface area (Å²) in [5, 5.41) is 24.8. The van der Waals surface area contributed by atoms with Gasteiger partial charge in [0.25, 0.3) is 0 Å². The number of aliphatic hydroxyl groups is 2. The van der Waals surface area contributed by atoms with Gasteiger partial charge in [-0.2, -0.15) is 5.10 Å². The van der Waals surface area contributed by atoms with Crippen LogP contribution >= 0.6 is 11.6 Å². The Balaban J connectivity index is 2.36. The molecule has 1 heterocycles. The zero-order valence-corrected chi connectivity index (χ0v) is 13.1. The second-order valence-electron chi connectivity index (χ2n) is 5.63. The molecule has 2 rings (SSSR count). The molecule has 2 N–H and O–H groups in total. The van der Waals surface area contributed by atoms with Crippen LogP contribution in [0.3, 0.4) is 0 Å². The van der Waals surface area contributed by atoms with Crippen LogP contribution in [0.15, 0.2) is 36.5 Å². The second kappa shape index (κ2) is 6.60. The Morgan fingerprint density at radius 2 is 1.86 bits per heavy atom. The molecule has 114 valence electrons. The Morgan fingerprint density at radius 3 is 2.38 bits per heavy atom. The molecule has 5 heteroatoms. The standard InChI is InChI=1S/C16H21ClN2O2/c1-12(2)19-8-7-13(18-19)9-16(10-20,11-21)14-5-3-4-6-15(14)17/h3-8,12,20-21H,9-11H2,1-2H3. The van der Waals surface area contributed by atoms with Crippen LogP contribution < -0.4 is 0 Å². The van der Waals surface area contributed by atoms with Crippen LogP contribution in [0.4, 0.5) is 0 Å².